The Morgan fingerprint density at radius 3 is 2.50 bits per heavy atom. The number of nitrogens with one attached hydrogen (secondary N) is 1. The van der Waals surface area contributed by atoms with Gasteiger partial charge in [-0.25, -0.2) is 14.1 Å². The lowest BCUT2D eigenvalue weighted by Gasteiger charge is -2.31. The Bertz CT molecular complexity index is 1240. The van der Waals surface area contributed by atoms with Crippen molar-refractivity contribution < 1.29 is 28.2 Å². The van der Waals surface area contributed by atoms with E-state index in [1.54, 1.807) is 11.0 Å². The molecule has 1 aliphatic carbocycles. The highest BCUT2D eigenvalue weighted by molar-refractivity contribution is 6.76. The predicted molar refractivity (Wildman–Crippen MR) is 142 cm³/mol. The molecule has 2 aromatic carbocycles. The molecule has 2 heterocycles. The summed E-state index contributed by atoms with van der Waals surface area (Å²) in [5.41, 5.74) is 0.192. The van der Waals surface area contributed by atoms with Gasteiger partial charge in [-0.2, -0.15) is 0 Å². The van der Waals surface area contributed by atoms with E-state index in [2.05, 4.69) is 25.0 Å². The van der Waals surface area contributed by atoms with Crippen LogP contribution in [0.2, 0.25) is 25.7 Å². The van der Waals surface area contributed by atoms with Crippen molar-refractivity contribution in [1.29, 1.82) is 0 Å². The molecule has 0 aromatic heterocycles. The number of carbonyl (C=O) groups excluding carboxylic acids is 3. The number of benzene rings is 2. The lowest BCUT2D eigenvalue weighted by molar-refractivity contribution is -0.135. The fourth-order valence-corrected chi connectivity index (χ4v) is 5.51. The Morgan fingerprint density at radius 2 is 1.82 bits per heavy atom. The largest absolute Gasteiger partial charge is 0.493 e. The van der Waals surface area contributed by atoms with Crippen LogP contribution in [0, 0.1) is 11.7 Å². The van der Waals surface area contributed by atoms with E-state index in [9.17, 15) is 18.8 Å². The van der Waals surface area contributed by atoms with E-state index in [0.717, 1.165) is 16.5 Å². The maximum absolute atomic E-state index is 13.8. The summed E-state index contributed by atoms with van der Waals surface area (Å²) in [7, 11) is -1.35. The minimum Gasteiger partial charge on any atom is -0.493 e. The van der Waals surface area contributed by atoms with Gasteiger partial charge in [-0.3, -0.25) is 9.59 Å². The second kappa shape index (κ2) is 10.1. The molecular weight excluding hydrogens is 505 g/mol. The van der Waals surface area contributed by atoms with Gasteiger partial charge in [0.05, 0.1) is 13.2 Å². The van der Waals surface area contributed by atoms with Crippen molar-refractivity contribution in [3.05, 3.63) is 65.0 Å². The van der Waals surface area contributed by atoms with E-state index in [4.69, 9.17) is 9.47 Å². The van der Waals surface area contributed by atoms with Gasteiger partial charge in [-0.05, 0) is 60.2 Å². The number of hydrogen-bond acceptors (Lipinski definition) is 5. The fourth-order valence-electron chi connectivity index (χ4n) is 4.75. The maximum Gasteiger partial charge on any atom is 0.327 e. The van der Waals surface area contributed by atoms with Gasteiger partial charge in [-0.15, -0.1) is 0 Å². The zero-order chi connectivity index (χ0) is 27.1. The zero-order valence-corrected chi connectivity index (χ0v) is 23.1. The summed E-state index contributed by atoms with van der Waals surface area (Å²) in [5.74, 6) is -0.00313. The zero-order valence-electron chi connectivity index (χ0n) is 22.1. The Labute approximate surface area is 223 Å². The highest BCUT2D eigenvalue weighted by Gasteiger charge is 2.54. The Balaban J connectivity index is 1.36. The number of ether oxygens (including phenoxy) is 2. The van der Waals surface area contributed by atoms with Crippen molar-refractivity contribution in [3.8, 4) is 5.75 Å². The van der Waals surface area contributed by atoms with Crippen molar-refractivity contribution >= 4 is 25.9 Å². The lowest BCUT2D eigenvalue weighted by atomic mass is 9.89. The van der Waals surface area contributed by atoms with Crippen LogP contribution in [0.25, 0.3) is 0 Å². The molecule has 38 heavy (non-hydrogen) atoms. The van der Waals surface area contributed by atoms with Gasteiger partial charge < -0.3 is 19.7 Å². The molecule has 8 nitrogen and oxygen atoms in total. The first kappa shape index (κ1) is 26.4. The molecule has 0 spiro atoms. The average Bonchev–Trinajstić information content (AvgIpc) is 3.61. The average molecular weight is 540 g/mol. The first-order chi connectivity index (χ1) is 18.1. The van der Waals surface area contributed by atoms with Gasteiger partial charge in [-0.1, -0.05) is 37.8 Å². The van der Waals surface area contributed by atoms with Crippen molar-refractivity contribution in [1.82, 2.24) is 15.1 Å². The second-order valence-corrected chi connectivity index (χ2v) is 17.3. The van der Waals surface area contributed by atoms with Crippen LogP contribution < -0.4 is 10.1 Å². The van der Waals surface area contributed by atoms with Crippen LogP contribution in [0.4, 0.5) is 9.18 Å². The number of rotatable bonds is 11. The van der Waals surface area contributed by atoms with Crippen LogP contribution >= 0.6 is 0 Å². The molecule has 1 saturated heterocycles. The van der Waals surface area contributed by atoms with Gasteiger partial charge in [0.2, 0.25) is 0 Å². The molecule has 4 amide bonds. The molecule has 2 fully saturated rings. The number of amides is 4. The molecule has 0 bridgehead atoms. The molecule has 3 aliphatic rings. The Morgan fingerprint density at radius 1 is 1.08 bits per heavy atom. The minimum absolute atomic E-state index is 0.0968. The summed E-state index contributed by atoms with van der Waals surface area (Å²) in [5, 5.41) is 2.81. The van der Waals surface area contributed by atoms with Gasteiger partial charge in [0.25, 0.3) is 11.8 Å². The lowest BCUT2D eigenvalue weighted by Crippen LogP contribution is -2.53. The quantitative estimate of drug-likeness (QED) is 0.261. The van der Waals surface area contributed by atoms with Crippen LogP contribution in [-0.2, 0) is 21.6 Å². The monoisotopic (exact) mass is 539 g/mol. The second-order valence-electron chi connectivity index (χ2n) is 11.7. The summed E-state index contributed by atoms with van der Waals surface area (Å²) < 4.78 is 25.3. The molecule has 0 unspecified atom stereocenters. The summed E-state index contributed by atoms with van der Waals surface area (Å²) >= 11 is 0. The first-order valence-corrected chi connectivity index (χ1v) is 16.8. The molecule has 1 N–H and O–H groups in total. The molecular formula is C28H34FN3O5Si. The molecule has 2 aliphatic heterocycles. The number of nitrogens with zero attached hydrogens (tertiary/aromatic N) is 2. The standard InChI is InChI=1S/C28H34FN3O5Si/c1-38(2,3)13-12-36-18-32-26(34)28(30-27(32)35,21-7-9-22(29)10-8-21)17-31-15-20-6-11-23(14-24(20)25(31)33)37-16-19-4-5-19/h6-11,14,19H,4-5,12-13,15-18H2,1-3H3,(H,30,35)/t28-/m0/s1. The predicted octanol–water partition coefficient (Wildman–Crippen LogP) is 4.33. The number of fused-ring (bicyclic) bond motifs is 1. The van der Waals surface area contributed by atoms with Crippen LogP contribution in [0.1, 0.15) is 34.3 Å². The van der Waals surface area contributed by atoms with E-state index in [0.29, 0.717) is 36.0 Å². The van der Waals surface area contributed by atoms with Gasteiger partial charge in [0.1, 0.15) is 18.3 Å². The van der Waals surface area contributed by atoms with Gasteiger partial charge >= 0.3 is 6.03 Å². The normalized spacial score (nSPS) is 21.2. The van der Waals surface area contributed by atoms with E-state index >= 15 is 0 Å². The molecule has 0 radical (unpaired) electrons. The van der Waals surface area contributed by atoms with Crippen LogP contribution in [0.5, 0.6) is 5.75 Å². The maximum atomic E-state index is 13.8. The third-order valence-electron chi connectivity index (χ3n) is 7.30. The molecule has 1 atom stereocenters. The van der Waals surface area contributed by atoms with Crippen molar-refractivity contribution in [2.24, 2.45) is 5.92 Å². The van der Waals surface area contributed by atoms with Gasteiger partial charge in [0.15, 0.2) is 5.54 Å². The minimum atomic E-state index is -1.56. The van der Waals surface area contributed by atoms with Crippen LogP contribution in [0.3, 0.4) is 0 Å². The van der Waals surface area contributed by atoms with E-state index in [-0.39, 0.29) is 25.7 Å². The highest BCUT2D eigenvalue weighted by atomic mass is 28.3. The molecule has 202 valence electrons. The summed E-state index contributed by atoms with van der Waals surface area (Å²) in [6, 6.07) is 11.2. The molecule has 10 heteroatoms. The molecule has 2 aromatic rings. The van der Waals surface area contributed by atoms with E-state index in [1.165, 1.54) is 37.1 Å². The SMILES string of the molecule is C[Si](C)(C)CCOCN1C(=O)N[C@@](CN2Cc3ccc(OCC4CC4)cc3C2=O)(c2ccc(F)cc2)C1=O. The summed E-state index contributed by atoms with van der Waals surface area (Å²) in [6.07, 6.45) is 2.34. The highest BCUT2D eigenvalue weighted by Crippen LogP contribution is 2.35. The first-order valence-electron chi connectivity index (χ1n) is 13.1. The molecule has 5 rings (SSSR count). The topological polar surface area (TPSA) is 88.2 Å². The Kier molecular flexibility index (Phi) is 7.04. The fraction of sp³-hybridized carbons (Fsp3) is 0.464. The Hall–Kier alpha value is -3.24. The van der Waals surface area contributed by atoms with Gasteiger partial charge in [0, 0.05) is 26.8 Å². The number of imide groups is 1. The van der Waals surface area contributed by atoms with E-state index < -0.39 is 31.4 Å². The third-order valence-corrected chi connectivity index (χ3v) is 9.00. The smallest absolute Gasteiger partial charge is 0.327 e. The number of urea groups is 1. The third kappa shape index (κ3) is 5.46. The number of hydrogen-bond donors (Lipinski definition) is 1. The number of halogens is 1. The number of carbonyl (C=O) groups is 3. The van der Waals surface area contributed by atoms with Crippen molar-refractivity contribution in [2.75, 3.05) is 26.5 Å². The van der Waals surface area contributed by atoms with E-state index in [1.807, 2.05) is 12.1 Å². The van der Waals surface area contributed by atoms with Crippen molar-refractivity contribution in [3.63, 3.8) is 0 Å². The van der Waals surface area contributed by atoms with Crippen LogP contribution in [0.15, 0.2) is 42.5 Å². The molecule has 1 saturated carbocycles. The summed E-state index contributed by atoms with van der Waals surface area (Å²) in [4.78, 5) is 42.8. The summed E-state index contributed by atoms with van der Waals surface area (Å²) in [6.45, 7) is 7.75. The van der Waals surface area contributed by atoms with Crippen molar-refractivity contribution in [2.45, 2.75) is 50.6 Å². The van der Waals surface area contributed by atoms with Crippen LogP contribution in [-0.4, -0.2) is 62.2 Å².